The number of nitrogens with one attached hydrogen (secondary N) is 4. The van der Waals surface area contributed by atoms with Crippen molar-refractivity contribution < 1.29 is 33.8 Å². The number of alkyl carbamates (subject to hydrolysis) is 2. The van der Waals surface area contributed by atoms with E-state index in [0.29, 0.717) is 6.42 Å². The van der Waals surface area contributed by atoms with Crippen molar-refractivity contribution in [2.24, 2.45) is 11.8 Å². The quantitative estimate of drug-likeness (QED) is 0.139. The minimum atomic E-state index is -1.18. The van der Waals surface area contributed by atoms with Gasteiger partial charge in [0, 0.05) is 31.9 Å². The second kappa shape index (κ2) is 20.9. The van der Waals surface area contributed by atoms with Gasteiger partial charge in [0.1, 0.15) is 12.1 Å². The molecule has 0 spiro atoms. The normalized spacial score (nSPS) is 14.2. The van der Waals surface area contributed by atoms with Gasteiger partial charge < -0.3 is 35.4 Å². The molecule has 272 valence electrons. The zero-order chi connectivity index (χ0) is 36.5. The van der Waals surface area contributed by atoms with Crippen LogP contribution < -0.4 is 26.3 Å². The maximum Gasteiger partial charge on any atom is 0.407 e. The fourth-order valence-corrected chi connectivity index (χ4v) is 5.38. The highest BCUT2D eigenvalue weighted by Gasteiger charge is 2.32. The van der Waals surface area contributed by atoms with Gasteiger partial charge in [-0.2, -0.15) is 0 Å². The number of methoxy groups -OCH3 is 2. The Morgan fingerprint density at radius 2 is 1.33 bits per heavy atom. The van der Waals surface area contributed by atoms with Crippen molar-refractivity contribution in [2.75, 3.05) is 38.8 Å². The van der Waals surface area contributed by atoms with Gasteiger partial charge in [-0.15, -0.1) is 0 Å². The lowest BCUT2D eigenvalue weighted by atomic mass is 9.96. The van der Waals surface area contributed by atoms with Gasteiger partial charge in [0.15, 0.2) is 0 Å². The summed E-state index contributed by atoms with van der Waals surface area (Å²) in [6.45, 7) is 13.4. The van der Waals surface area contributed by atoms with E-state index in [1.165, 1.54) is 14.2 Å². The van der Waals surface area contributed by atoms with Gasteiger partial charge in [0.25, 0.3) is 5.91 Å². The van der Waals surface area contributed by atoms with E-state index in [2.05, 4.69) is 40.1 Å². The molecule has 0 aromatic heterocycles. The standard InChI is InChI=1S/C36H56N6O7/c1-9-25(6)32(39-36(47)49-8)33(44)37-29(21-26-15-13-12-14-16-26)30(43)23-42(40-34(45)31(24(4)5)38-35(46)48-7)22-27-17-19-28(20-18-27)41(10-2)11-3/h12-20,24-25,29-32,43H,9-11,21-23H2,1-8H3,(H,37,44)(H,38,46)(H,39,47)(H,40,45)/t25?,29?,30?,31-,32-/m0/s1. The fourth-order valence-electron chi connectivity index (χ4n) is 5.38. The molecule has 0 aliphatic rings. The van der Waals surface area contributed by atoms with Crippen LogP contribution in [0.2, 0.25) is 0 Å². The van der Waals surface area contributed by atoms with Crippen LogP contribution in [-0.2, 0) is 32.0 Å². The van der Waals surface area contributed by atoms with E-state index in [1.807, 2.05) is 68.4 Å². The summed E-state index contributed by atoms with van der Waals surface area (Å²) in [5, 5.41) is 21.5. The number of rotatable bonds is 19. The molecule has 0 saturated heterocycles. The van der Waals surface area contributed by atoms with Gasteiger partial charge in [0.05, 0.1) is 26.4 Å². The zero-order valence-corrected chi connectivity index (χ0v) is 30.2. The molecule has 0 radical (unpaired) electrons. The lowest BCUT2D eigenvalue weighted by Gasteiger charge is -2.33. The van der Waals surface area contributed by atoms with E-state index >= 15 is 0 Å². The number of carbonyl (C=O) groups is 4. The van der Waals surface area contributed by atoms with Crippen LogP contribution in [0.15, 0.2) is 54.6 Å². The maximum atomic E-state index is 13.7. The predicted molar refractivity (Wildman–Crippen MR) is 190 cm³/mol. The van der Waals surface area contributed by atoms with Crippen molar-refractivity contribution in [1.29, 1.82) is 0 Å². The summed E-state index contributed by atoms with van der Waals surface area (Å²) in [7, 11) is 2.45. The molecule has 0 fully saturated rings. The van der Waals surface area contributed by atoms with Crippen LogP contribution in [0.25, 0.3) is 0 Å². The van der Waals surface area contributed by atoms with Gasteiger partial charge >= 0.3 is 12.2 Å². The highest BCUT2D eigenvalue weighted by molar-refractivity contribution is 5.86. The second-order valence-electron chi connectivity index (χ2n) is 12.4. The average Bonchev–Trinajstić information content (AvgIpc) is 3.09. The predicted octanol–water partition coefficient (Wildman–Crippen LogP) is 3.61. The molecule has 4 amide bonds. The first-order valence-corrected chi connectivity index (χ1v) is 17.0. The number of hydrogen-bond acceptors (Lipinski definition) is 9. The average molecular weight is 685 g/mol. The number of amides is 4. The highest BCUT2D eigenvalue weighted by Crippen LogP contribution is 2.17. The third kappa shape index (κ3) is 13.2. The molecule has 0 bridgehead atoms. The minimum absolute atomic E-state index is 0.0806. The third-order valence-electron chi connectivity index (χ3n) is 8.57. The lowest BCUT2D eigenvalue weighted by molar-refractivity contribution is -0.131. The summed E-state index contributed by atoms with van der Waals surface area (Å²) in [4.78, 5) is 53.6. The van der Waals surface area contributed by atoms with Crippen molar-refractivity contribution >= 4 is 29.7 Å². The largest absolute Gasteiger partial charge is 0.453 e. The third-order valence-corrected chi connectivity index (χ3v) is 8.57. The summed E-state index contributed by atoms with van der Waals surface area (Å²) in [5.41, 5.74) is 5.70. The Morgan fingerprint density at radius 3 is 1.84 bits per heavy atom. The second-order valence-corrected chi connectivity index (χ2v) is 12.4. The molecule has 0 aliphatic carbocycles. The lowest BCUT2D eigenvalue weighted by Crippen LogP contribution is -2.59. The van der Waals surface area contributed by atoms with Gasteiger partial charge in [-0.25, -0.2) is 14.6 Å². The molecule has 13 heteroatoms. The summed E-state index contributed by atoms with van der Waals surface area (Å²) in [6, 6.07) is 14.7. The van der Waals surface area contributed by atoms with Crippen molar-refractivity contribution in [2.45, 2.75) is 85.2 Å². The van der Waals surface area contributed by atoms with E-state index in [1.54, 1.807) is 18.9 Å². The van der Waals surface area contributed by atoms with Crippen molar-refractivity contribution in [3.05, 3.63) is 65.7 Å². The summed E-state index contributed by atoms with van der Waals surface area (Å²) in [6.07, 6.45) is -1.77. The molecule has 49 heavy (non-hydrogen) atoms. The van der Waals surface area contributed by atoms with Crippen LogP contribution in [-0.4, -0.2) is 92.2 Å². The van der Waals surface area contributed by atoms with Crippen molar-refractivity contribution in [3.8, 4) is 0 Å². The minimum Gasteiger partial charge on any atom is -0.453 e. The molecule has 0 saturated carbocycles. The number of nitrogens with zero attached hydrogens (tertiary/aromatic N) is 2. The number of aliphatic hydroxyl groups excluding tert-OH is 1. The maximum absolute atomic E-state index is 13.7. The molecular formula is C36H56N6O7. The molecule has 2 aromatic rings. The summed E-state index contributed by atoms with van der Waals surface area (Å²) < 4.78 is 9.49. The van der Waals surface area contributed by atoms with Crippen LogP contribution in [0.5, 0.6) is 0 Å². The molecule has 0 heterocycles. The first kappa shape index (κ1) is 40.8. The van der Waals surface area contributed by atoms with Crippen molar-refractivity contribution in [1.82, 2.24) is 26.4 Å². The Bertz CT molecular complexity index is 1310. The van der Waals surface area contributed by atoms with Crippen LogP contribution in [0.3, 0.4) is 0 Å². The number of ether oxygens (including phenoxy) is 2. The van der Waals surface area contributed by atoms with Crippen molar-refractivity contribution in [3.63, 3.8) is 0 Å². The molecule has 5 N–H and O–H groups in total. The number of carbonyl (C=O) groups excluding carboxylic acids is 4. The summed E-state index contributed by atoms with van der Waals surface area (Å²) in [5.74, 6) is -1.46. The Labute approximate surface area is 291 Å². The van der Waals surface area contributed by atoms with Gasteiger partial charge in [-0.1, -0.05) is 76.6 Å². The zero-order valence-electron chi connectivity index (χ0n) is 30.2. The Balaban J connectivity index is 2.44. The fraction of sp³-hybridized carbons (Fsp3) is 0.556. The smallest absolute Gasteiger partial charge is 0.407 e. The van der Waals surface area contributed by atoms with E-state index < -0.39 is 48.2 Å². The highest BCUT2D eigenvalue weighted by atomic mass is 16.5. The van der Waals surface area contributed by atoms with Crippen LogP contribution in [0.4, 0.5) is 15.3 Å². The monoisotopic (exact) mass is 684 g/mol. The van der Waals surface area contributed by atoms with E-state index in [0.717, 1.165) is 29.9 Å². The molecule has 0 aliphatic heterocycles. The number of benzene rings is 2. The first-order chi connectivity index (χ1) is 23.4. The Morgan fingerprint density at radius 1 is 0.755 bits per heavy atom. The number of anilines is 1. The number of hydrazine groups is 1. The van der Waals surface area contributed by atoms with Crippen LogP contribution in [0, 0.1) is 11.8 Å². The molecular weight excluding hydrogens is 628 g/mol. The molecule has 13 nitrogen and oxygen atoms in total. The first-order valence-electron chi connectivity index (χ1n) is 17.0. The topological polar surface area (TPSA) is 162 Å². The number of aliphatic hydroxyl groups is 1. The molecule has 5 atom stereocenters. The molecule has 3 unspecified atom stereocenters. The molecule has 2 rings (SSSR count). The van der Waals surface area contributed by atoms with E-state index in [9.17, 15) is 24.3 Å². The van der Waals surface area contributed by atoms with Crippen LogP contribution >= 0.6 is 0 Å². The Kier molecular flexibility index (Phi) is 17.4. The van der Waals surface area contributed by atoms with Crippen LogP contribution in [0.1, 0.15) is 59.1 Å². The Hall–Kier alpha value is -4.36. The SMILES string of the molecule is CCC(C)[C@H](NC(=O)OC)C(=O)NC(Cc1ccccc1)C(O)CN(Cc1ccc(N(CC)CC)cc1)NC(=O)[C@@H](NC(=O)OC)C(C)C. The number of hydrogen-bond donors (Lipinski definition) is 5. The molecule has 2 aromatic carbocycles. The van der Waals surface area contributed by atoms with E-state index in [-0.39, 0.29) is 31.3 Å². The van der Waals surface area contributed by atoms with Gasteiger partial charge in [-0.05, 0) is 55.4 Å². The van der Waals surface area contributed by atoms with E-state index in [4.69, 9.17) is 9.47 Å². The summed E-state index contributed by atoms with van der Waals surface area (Å²) >= 11 is 0. The van der Waals surface area contributed by atoms with Gasteiger partial charge in [-0.3, -0.25) is 15.0 Å². The van der Waals surface area contributed by atoms with Gasteiger partial charge in [0.2, 0.25) is 5.91 Å².